The second-order valence-electron chi connectivity index (χ2n) is 8.72. The highest BCUT2D eigenvalue weighted by molar-refractivity contribution is 7.07. The normalized spacial score (nSPS) is 14.9. The second kappa shape index (κ2) is 11.8. The maximum atomic E-state index is 14.1. The molecule has 0 bridgehead atoms. The second-order valence-corrected chi connectivity index (χ2v) is 9.73. The van der Waals surface area contributed by atoms with Crippen molar-refractivity contribution in [3.05, 3.63) is 78.5 Å². The lowest BCUT2D eigenvalue weighted by molar-refractivity contribution is -0.127. The molecule has 0 radical (unpaired) electrons. The van der Waals surface area contributed by atoms with Crippen molar-refractivity contribution < 1.29 is 23.7 Å². The predicted molar refractivity (Wildman–Crippen MR) is 151 cm³/mol. The standard InChI is InChI=1S/C29H33N3O6S/c1-8-31(9-2)28(34)23-17(3)30-29-32(24(23)19-12-10-11-13-20(19)35-4)27(33)22(39-29)16-18-14-15-21(36-5)26(38-7)25(18)37-6/h10-16,24H,8-9H2,1-7H3/b22-16+/t24-/m0/s1. The fourth-order valence-corrected chi connectivity index (χ4v) is 5.88. The van der Waals surface area contributed by atoms with E-state index in [9.17, 15) is 9.59 Å². The molecule has 10 heteroatoms. The maximum absolute atomic E-state index is 14.1. The first-order valence-electron chi connectivity index (χ1n) is 12.6. The molecule has 39 heavy (non-hydrogen) atoms. The average Bonchev–Trinajstić information content (AvgIpc) is 3.26. The first-order chi connectivity index (χ1) is 18.8. The maximum Gasteiger partial charge on any atom is 0.271 e. The minimum absolute atomic E-state index is 0.159. The van der Waals surface area contributed by atoms with E-state index in [1.54, 1.807) is 41.9 Å². The fourth-order valence-electron chi connectivity index (χ4n) is 4.84. The van der Waals surface area contributed by atoms with Gasteiger partial charge in [-0.1, -0.05) is 29.5 Å². The number of benzene rings is 2. The highest BCUT2D eigenvalue weighted by atomic mass is 32.1. The Labute approximate surface area is 231 Å². The van der Waals surface area contributed by atoms with Crippen molar-refractivity contribution in [2.75, 3.05) is 41.5 Å². The van der Waals surface area contributed by atoms with Crippen molar-refractivity contribution in [3.63, 3.8) is 0 Å². The monoisotopic (exact) mass is 551 g/mol. The first kappa shape index (κ1) is 28.0. The Hall–Kier alpha value is -4.05. The van der Waals surface area contributed by atoms with Gasteiger partial charge in [0.1, 0.15) is 11.8 Å². The van der Waals surface area contributed by atoms with Gasteiger partial charge in [0, 0.05) is 24.2 Å². The Balaban J connectivity index is 2.01. The zero-order valence-electron chi connectivity index (χ0n) is 23.2. The number of thiazole rings is 1. The van der Waals surface area contributed by atoms with Crippen molar-refractivity contribution in [1.29, 1.82) is 0 Å². The van der Waals surface area contributed by atoms with Crippen LogP contribution in [0.5, 0.6) is 23.0 Å². The number of fused-ring (bicyclic) bond motifs is 1. The summed E-state index contributed by atoms with van der Waals surface area (Å²) in [6, 6.07) is 10.3. The van der Waals surface area contributed by atoms with E-state index in [0.29, 0.717) is 67.8 Å². The van der Waals surface area contributed by atoms with Crippen molar-refractivity contribution in [3.8, 4) is 23.0 Å². The van der Waals surface area contributed by atoms with Crippen LogP contribution >= 0.6 is 11.3 Å². The van der Waals surface area contributed by atoms with E-state index in [2.05, 4.69) is 0 Å². The summed E-state index contributed by atoms with van der Waals surface area (Å²) in [6.07, 6.45) is 1.75. The van der Waals surface area contributed by atoms with Crippen LogP contribution in [0.1, 0.15) is 37.9 Å². The number of methoxy groups -OCH3 is 4. The van der Waals surface area contributed by atoms with E-state index in [-0.39, 0.29) is 11.5 Å². The molecule has 3 aromatic rings. The summed E-state index contributed by atoms with van der Waals surface area (Å²) < 4.78 is 24.2. The molecule has 9 nitrogen and oxygen atoms in total. The Bertz CT molecular complexity index is 1600. The number of ether oxygens (including phenoxy) is 4. The molecule has 4 rings (SSSR count). The number of aromatic nitrogens is 1. The van der Waals surface area contributed by atoms with Gasteiger partial charge < -0.3 is 23.8 Å². The molecule has 1 aliphatic rings. The first-order valence-corrected chi connectivity index (χ1v) is 13.4. The van der Waals surface area contributed by atoms with Gasteiger partial charge in [-0.25, -0.2) is 4.99 Å². The number of carbonyl (C=O) groups is 1. The molecule has 1 aromatic heterocycles. The lowest BCUT2D eigenvalue weighted by Gasteiger charge is -2.29. The van der Waals surface area contributed by atoms with E-state index >= 15 is 0 Å². The van der Waals surface area contributed by atoms with Gasteiger partial charge in [-0.15, -0.1) is 0 Å². The van der Waals surface area contributed by atoms with Gasteiger partial charge in [0.2, 0.25) is 5.75 Å². The molecule has 0 saturated heterocycles. The quantitative estimate of drug-likeness (QED) is 0.406. The van der Waals surface area contributed by atoms with Crippen LogP contribution in [-0.2, 0) is 4.79 Å². The number of hydrogen-bond acceptors (Lipinski definition) is 8. The Morgan fingerprint density at radius 1 is 0.974 bits per heavy atom. The fraction of sp³-hybridized carbons (Fsp3) is 0.345. The van der Waals surface area contributed by atoms with Crippen molar-refractivity contribution in [2.24, 2.45) is 4.99 Å². The average molecular weight is 552 g/mol. The summed E-state index contributed by atoms with van der Waals surface area (Å²) >= 11 is 1.25. The number of amides is 1. The van der Waals surface area contributed by atoms with Crippen LogP contribution in [0.2, 0.25) is 0 Å². The van der Waals surface area contributed by atoms with Gasteiger partial charge in [0.05, 0.1) is 44.2 Å². The molecule has 0 aliphatic carbocycles. The zero-order chi connectivity index (χ0) is 28.3. The van der Waals surface area contributed by atoms with Gasteiger partial charge in [0.15, 0.2) is 16.3 Å². The van der Waals surface area contributed by atoms with Crippen molar-refractivity contribution >= 4 is 23.3 Å². The van der Waals surface area contributed by atoms with Crippen LogP contribution in [0.15, 0.2) is 57.5 Å². The number of allylic oxidation sites excluding steroid dienone is 1. The topological polar surface area (TPSA) is 91.6 Å². The molecule has 0 N–H and O–H groups in total. The summed E-state index contributed by atoms with van der Waals surface area (Å²) in [5.74, 6) is 1.81. The minimum Gasteiger partial charge on any atom is -0.496 e. The van der Waals surface area contributed by atoms with Gasteiger partial charge >= 0.3 is 0 Å². The highest BCUT2D eigenvalue weighted by Crippen LogP contribution is 2.40. The number of para-hydroxylation sites is 1. The molecular weight excluding hydrogens is 518 g/mol. The third kappa shape index (κ3) is 4.92. The number of likely N-dealkylation sites (N-methyl/N-ethyl adjacent to an activating group) is 1. The molecular formula is C29H33N3O6S. The van der Waals surface area contributed by atoms with E-state index in [1.165, 1.54) is 25.6 Å². The van der Waals surface area contributed by atoms with Crippen molar-refractivity contribution in [1.82, 2.24) is 9.47 Å². The van der Waals surface area contributed by atoms with Crippen LogP contribution < -0.4 is 33.8 Å². The van der Waals surface area contributed by atoms with Gasteiger partial charge in [-0.3, -0.25) is 14.2 Å². The number of nitrogens with zero attached hydrogens (tertiary/aromatic N) is 3. The molecule has 0 fully saturated rings. The van der Waals surface area contributed by atoms with Crippen LogP contribution in [0, 0.1) is 0 Å². The van der Waals surface area contributed by atoms with Crippen LogP contribution in [0.3, 0.4) is 0 Å². The summed E-state index contributed by atoms with van der Waals surface area (Å²) in [5, 5.41) is 0. The molecule has 1 atom stereocenters. The van der Waals surface area contributed by atoms with E-state index < -0.39 is 6.04 Å². The highest BCUT2D eigenvalue weighted by Gasteiger charge is 2.35. The molecule has 1 amide bonds. The van der Waals surface area contributed by atoms with E-state index in [0.717, 1.165) is 0 Å². The molecule has 0 saturated carbocycles. The number of hydrogen-bond donors (Lipinski definition) is 0. The molecule has 1 aliphatic heterocycles. The van der Waals surface area contributed by atoms with Crippen LogP contribution in [0.4, 0.5) is 0 Å². The molecule has 2 heterocycles. The Kier molecular flexibility index (Phi) is 8.44. The van der Waals surface area contributed by atoms with Crippen molar-refractivity contribution in [2.45, 2.75) is 26.8 Å². The Morgan fingerprint density at radius 3 is 2.26 bits per heavy atom. The lowest BCUT2D eigenvalue weighted by atomic mass is 9.94. The summed E-state index contributed by atoms with van der Waals surface area (Å²) in [5.41, 5.74) is 2.10. The van der Waals surface area contributed by atoms with Gasteiger partial charge in [-0.2, -0.15) is 0 Å². The third-order valence-electron chi connectivity index (χ3n) is 6.76. The molecule has 2 aromatic carbocycles. The summed E-state index contributed by atoms with van der Waals surface area (Å²) in [7, 11) is 6.19. The minimum atomic E-state index is -0.708. The molecule has 0 unspecified atom stereocenters. The SMILES string of the molecule is CCN(CC)C(=O)C1=C(C)N=c2s/c(=C/c3ccc(OC)c(OC)c3OC)c(=O)n2[C@H]1c1ccccc1OC. The summed E-state index contributed by atoms with van der Waals surface area (Å²) in [6.45, 7) is 6.75. The predicted octanol–water partition coefficient (Wildman–Crippen LogP) is 3.14. The largest absolute Gasteiger partial charge is 0.496 e. The molecule has 0 spiro atoms. The summed E-state index contributed by atoms with van der Waals surface area (Å²) in [4.78, 5) is 34.8. The lowest BCUT2D eigenvalue weighted by Crippen LogP contribution is -2.43. The molecule has 206 valence electrons. The van der Waals surface area contributed by atoms with Gasteiger partial charge in [-0.05, 0) is 45.0 Å². The van der Waals surface area contributed by atoms with Crippen LogP contribution in [-0.4, -0.2) is 56.9 Å². The van der Waals surface area contributed by atoms with E-state index in [4.69, 9.17) is 23.9 Å². The van der Waals surface area contributed by atoms with Gasteiger partial charge in [0.25, 0.3) is 11.5 Å². The number of rotatable bonds is 9. The number of carbonyl (C=O) groups excluding carboxylic acids is 1. The smallest absolute Gasteiger partial charge is 0.271 e. The van der Waals surface area contributed by atoms with E-state index in [1.807, 2.05) is 45.0 Å². The Morgan fingerprint density at radius 2 is 1.64 bits per heavy atom. The zero-order valence-corrected chi connectivity index (χ0v) is 24.0. The van der Waals surface area contributed by atoms with Crippen LogP contribution in [0.25, 0.3) is 6.08 Å². The third-order valence-corrected chi connectivity index (χ3v) is 7.74.